The summed E-state index contributed by atoms with van der Waals surface area (Å²) in [6.45, 7) is 1.72. The fourth-order valence-electron chi connectivity index (χ4n) is 2.55. The first-order valence-electron chi connectivity index (χ1n) is 6.82. The monoisotopic (exact) mass is 305 g/mol. The zero-order chi connectivity index (χ0) is 14.8. The molecule has 0 radical (unpaired) electrons. The van der Waals surface area contributed by atoms with Gasteiger partial charge < -0.3 is 15.6 Å². The van der Waals surface area contributed by atoms with Gasteiger partial charge in [-0.3, -0.25) is 4.79 Å². The van der Waals surface area contributed by atoms with Crippen molar-refractivity contribution < 1.29 is 4.79 Å². The molecule has 0 aromatic carbocycles. The first kappa shape index (κ1) is 13.9. The predicted molar refractivity (Wildman–Crippen MR) is 80.3 cm³/mol. The van der Waals surface area contributed by atoms with Crippen LogP contribution in [0, 0.1) is 5.92 Å². The Morgan fingerprint density at radius 3 is 3.14 bits per heavy atom. The topological polar surface area (TPSA) is 85.8 Å². The zero-order valence-electron chi connectivity index (χ0n) is 11.4. The minimum Gasteiger partial charge on any atom is -0.368 e. The number of rotatable bonds is 4. The number of halogens is 1. The van der Waals surface area contributed by atoms with Crippen molar-refractivity contribution in [2.24, 2.45) is 11.7 Å². The second-order valence-electron chi connectivity index (χ2n) is 5.20. The molecule has 6 nitrogen and oxygen atoms in total. The van der Waals surface area contributed by atoms with Crippen LogP contribution < -0.4 is 11.1 Å². The van der Waals surface area contributed by atoms with Crippen LogP contribution in [0.2, 0.25) is 5.02 Å². The number of nitrogens with one attached hydrogen (secondary N) is 1. The van der Waals surface area contributed by atoms with E-state index in [2.05, 4.69) is 19.9 Å². The maximum absolute atomic E-state index is 11.1. The summed E-state index contributed by atoms with van der Waals surface area (Å²) in [5.41, 5.74) is 5.50. The molecule has 2 aromatic rings. The molecule has 1 amide bonds. The minimum absolute atomic E-state index is 0.311. The number of aromatic nitrogens is 3. The van der Waals surface area contributed by atoms with Gasteiger partial charge in [0.1, 0.15) is 11.6 Å². The van der Waals surface area contributed by atoms with Crippen LogP contribution in [-0.4, -0.2) is 27.0 Å². The molecular weight excluding hydrogens is 290 g/mol. The number of carbonyl (C=O) groups excluding carboxylic acids is 1. The van der Waals surface area contributed by atoms with Gasteiger partial charge in [-0.15, -0.1) is 0 Å². The van der Waals surface area contributed by atoms with Crippen LogP contribution in [0.4, 0.5) is 5.82 Å². The van der Waals surface area contributed by atoms with Gasteiger partial charge >= 0.3 is 0 Å². The first-order chi connectivity index (χ1) is 10.1. The molecule has 0 bridgehead atoms. The van der Waals surface area contributed by atoms with Crippen LogP contribution >= 0.6 is 11.6 Å². The van der Waals surface area contributed by atoms with Crippen molar-refractivity contribution >= 4 is 23.3 Å². The molecule has 1 aliphatic rings. The van der Waals surface area contributed by atoms with Gasteiger partial charge in [0.15, 0.2) is 0 Å². The molecule has 7 heteroatoms. The number of primary amides is 1. The number of nitrogens with zero attached hydrogens (tertiary/aromatic N) is 3. The summed E-state index contributed by atoms with van der Waals surface area (Å²) in [5, 5.41) is 3.65. The van der Waals surface area contributed by atoms with Gasteiger partial charge in [-0.1, -0.05) is 11.6 Å². The molecule has 0 fully saturated rings. The largest absolute Gasteiger partial charge is 0.368 e. The quantitative estimate of drug-likeness (QED) is 0.900. The lowest BCUT2D eigenvalue weighted by Crippen LogP contribution is -2.26. The number of pyridine rings is 1. The van der Waals surface area contributed by atoms with Crippen LogP contribution in [0.3, 0.4) is 0 Å². The lowest BCUT2D eigenvalue weighted by Gasteiger charge is -2.24. The van der Waals surface area contributed by atoms with Gasteiger partial charge in [-0.05, 0) is 18.4 Å². The molecule has 3 N–H and O–H groups in total. The maximum Gasteiger partial charge on any atom is 0.250 e. The SMILES string of the molecule is NC(=O)c1cnc(NC[C@@H]2CCc3nccn3C2)c(Cl)c1. The second-order valence-corrected chi connectivity index (χ2v) is 5.61. The highest BCUT2D eigenvalue weighted by atomic mass is 35.5. The number of hydrogen-bond donors (Lipinski definition) is 2. The van der Waals surface area contributed by atoms with E-state index in [4.69, 9.17) is 17.3 Å². The minimum atomic E-state index is -0.532. The number of anilines is 1. The van der Waals surface area contributed by atoms with E-state index in [0.29, 0.717) is 22.3 Å². The summed E-state index contributed by atoms with van der Waals surface area (Å²) in [5.74, 6) is 1.70. The lowest BCUT2D eigenvalue weighted by molar-refractivity contribution is 0.1000. The van der Waals surface area contributed by atoms with Crippen LogP contribution in [0.15, 0.2) is 24.7 Å². The van der Waals surface area contributed by atoms with Gasteiger partial charge in [0.05, 0.1) is 10.6 Å². The third kappa shape index (κ3) is 3.00. The third-order valence-electron chi connectivity index (χ3n) is 3.72. The Kier molecular flexibility index (Phi) is 3.79. The van der Waals surface area contributed by atoms with Crippen molar-refractivity contribution in [3.63, 3.8) is 0 Å². The normalized spacial score (nSPS) is 17.3. The molecular formula is C14H16ClN5O. The van der Waals surface area contributed by atoms with E-state index < -0.39 is 5.91 Å². The third-order valence-corrected chi connectivity index (χ3v) is 4.00. The number of amides is 1. The number of aryl methyl sites for hydroxylation is 1. The molecule has 3 heterocycles. The smallest absolute Gasteiger partial charge is 0.250 e. The standard InChI is InChI=1S/C14H16ClN5O/c15-11-5-10(13(16)21)7-19-14(11)18-6-9-1-2-12-17-3-4-20(12)8-9/h3-5,7,9H,1-2,6,8H2,(H2,16,21)(H,18,19)/t9-/m0/s1. The molecule has 0 spiro atoms. The highest BCUT2D eigenvalue weighted by Crippen LogP contribution is 2.23. The van der Waals surface area contributed by atoms with Crippen molar-refractivity contribution in [1.82, 2.24) is 14.5 Å². The zero-order valence-corrected chi connectivity index (χ0v) is 12.2. The molecule has 3 rings (SSSR count). The van der Waals surface area contributed by atoms with E-state index in [0.717, 1.165) is 31.8 Å². The van der Waals surface area contributed by atoms with Crippen LogP contribution in [-0.2, 0) is 13.0 Å². The molecule has 0 unspecified atom stereocenters. The van der Waals surface area contributed by atoms with E-state index in [-0.39, 0.29) is 0 Å². The van der Waals surface area contributed by atoms with Gasteiger partial charge in [0, 0.05) is 38.1 Å². The molecule has 0 saturated carbocycles. The average Bonchev–Trinajstić information content (AvgIpc) is 2.93. The summed E-state index contributed by atoms with van der Waals surface area (Å²) in [6.07, 6.45) is 7.36. The number of hydrogen-bond acceptors (Lipinski definition) is 4. The van der Waals surface area contributed by atoms with Crippen LogP contribution in [0.5, 0.6) is 0 Å². The first-order valence-corrected chi connectivity index (χ1v) is 7.20. The lowest BCUT2D eigenvalue weighted by atomic mass is 9.99. The van der Waals surface area contributed by atoms with Crippen molar-refractivity contribution in [2.45, 2.75) is 19.4 Å². The van der Waals surface area contributed by atoms with Gasteiger partial charge in [-0.2, -0.15) is 0 Å². The van der Waals surface area contributed by atoms with Gasteiger partial charge in [-0.25, -0.2) is 9.97 Å². The Morgan fingerprint density at radius 2 is 2.38 bits per heavy atom. The molecule has 0 aliphatic carbocycles. The van der Waals surface area contributed by atoms with E-state index in [1.807, 2.05) is 12.4 Å². The molecule has 1 atom stereocenters. The highest BCUT2D eigenvalue weighted by molar-refractivity contribution is 6.33. The van der Waals surface area contributed by atoms with Crippen LogP contribution in [0.25, 0.3) is 0 Å². The van der Waals surface area contributed by atoms with E-state index in [9.17, 15) is 4.79 Å². The summed E-state index contributed by atoms with van der Waals surface area (Å²) < 4.78 is 2.18. The Hall–Kier alpha value is -2.08. The Morgan fingerprint density at radius 1 is 1.52 bits per heavy atom. The summed E-state index contributed by atoms with van der Waals surface area (Å²) in [7, 11) is 0. The van der Waals surface area contributed by atoms with Crippen molar-refractivity contribution in [3.8, 4) is 0 Å². The van der Waals surface area contributed by atoms with Crippen molar-refractivity contribution in [1.29, 1.82) is 0 Å². The fourth-order valence-corrected chi connectivity index (χ4v) is 2.78. The number of nitrogens with two attached hydrogens (primary N) is 1. The molecule has 110 valence electrons. The van der Waals surface area contributed by atoms with Crippen molar-refractivity contribution in [2.75, 3.05) is 11.9 Å². The Labute approximate surface area is 127 Å². The Balaban J connectivity index is 1.62. The molecule has 1 aliphatic heterocycles. The second kappa shape index (κ2) is 5.73. The highest BCUT2D eigenvalue weighted by Gasteiger charge is 2.19. The number of carbonyl (C=O) groups is 1. The van der Waals surface area contributed by atoms with E-state index in [1.54, 1.807) is 0 Å². The number of fused-ring (bicyclic) bond motifs is 1. The molecule has 21 heavy (non-hydrogen) atoms. The average molecular weight is 306 g/mol. The number of imidazole rings is 1. The fraction of sp³-hybridized carbons (Fsp3) is 0.357. The van der Waals surface area contributed by atoms with E-state index in [1.165, 1.54) is 12.3 Å². The predicted octanol–water partition coefficient (Wildman–Crippen LogP) is 1.70. The Bertz CT molecular complexity index is 669. The van der Waals surface area contributed by atoms with Gasteiger partial charge in [0.2, 0.25) is 5.91 Å². The molecule has 0 saturated heterocycles. The summed E-state index contributed by atoms with van der Waals surface area (Å²) in [6, 6.07) is 1.54. The maximum atomic E-state index is 11.1. The molecule has 2 aromatic heterocycles. The summed E-state index contributed by atoms with van der Waals surface area (Å²) >= 11 is 6.11. The van der Waals surface area contributed by atoms with E-state index >= 15 is 0 Å². The summed E-state index contributed by atoms with van der Waals surface area (Å²) in [4.78, 5) is 19.5. The van der Waals surface area contributed by atoms with Gasteiger partial charge in [0.25, 0.3) is 0 Å². The van der Waals surface area contributed by atoms with Crippen molar-refractivity contribution in [3.05, 3.63) is 41.1 Å². The van der Waals surface area contributed by atoms with Crippen LogP contribution in [0.1, 0.15) is 22.6 Å².